The maximum Gasteiger partial charge on any atom is 0.163 e. The fraction of sp³-hybridized carbons (Fsp3) is 0.143. The highest BCUT2D eigenvalue weighted by atomic mass is 15.2. The summed E-state index contributed by atoms with van der Waals surface area (Å²) < 4.78 is 1.87. The molecule has 0 unspecified atom stereocenters. The number of aryl methyl sites for hydroxylation is 2. The molecule has 0 aliphatic carbocycles. The Morgan fingerprint density at radius 1 is 1.12 bits per heavy atom. The Kier molecular flexibility index (Phi) is 2.18. The largest absolute Gasteiger partial charge is 0.236 e. The molecule has 1 aromatic carbocycles. The van der Waals surface area contributed by atoms with E-state index in [1.54, 1.807) is 0 Å². The zero-order chi connectivity index (χ0) is 11.8. The first-order chi connectivity index (χ1) is 8.25. The fourth-order valence-corrected chi connectivity index (χ4v) is 2.03. The van der Waals surface area contributed by atoms with Gasteiger partial charge in [-0.1, -0.05) is 29.8 Å². The second kappa shape index (κ2) is 3.70. The first-order valence-electron chi connectivity index (χ1n) is 5.62. The first kappa shape index (κ1) is 10.0. The number of hydrogen-bond donors (Lipinski definition) is 0. The minimum absolute atomic E-state index is 0.913. The van der Waals surface area contributed by atoms with Crippen molar-refractivity contribution in [1.82, 2.24) is 14.6 Å². The van der Waals surface area contributed by atoms with Gasteiger partial charge < -0.3 is 0 Å². The lowest BCUT2D eigenvalue weighted by molar-refractivity contribution is 0.895. The van der Waals surface area contributed by atoms with E-state index >= 15 is 0 Å². The van der Waals surface area contributed by atoms with Crippen molar-refractivity contribution in [3.8, 4) is 11.1 Å². The van der Waals surface area contributed by atoms with E-state index in [4.69, 9.17) is 0 Å². The minimum Gasteiger partial charge on any atom is -0.236 e. The van der Waals surface area contributed by atoms with E-state index in [1.165, 1.54) is 5.56 Å². The van der Waals surface area contributed by atoms with Gasteiger partial charge in [-0.15, -0.1) is 0 Å². The highest BCUT2D eigenvalue weighted by Crippen LogP contribution is 2.24. The molecule has 0 N–H and O–H groups in total. The molecule has 0 amide bonds. The fourth-order valence-electron chi connectivity index (χ4n) is 2.03. The van der Waals surface area contributed by atoms with Crippen LogP contribution in [0.25, 0.3) is 16.8 Å². The van der Waals surface area contributed by atoms with E-state index in [0.29, 0.717) is 0 Å². The van der Waals surface area contributed by atoms with E-state index in [9.17, 15) is 0 Å². The molecule has 84 valence electrons. The highest BCUT2D eigenvalue weighted by Gasteiger charge is 2.08. The molecule has 0 atom stereocenters. The highest BCUT2D eigenvalue weighted by molar-refractivity contribution is 5.77. The third-order valence-electron chi connectivity index (χ3n) is 2.92. The van der Waals surface area contributed by atoms with Crippen molar-refractivity contribution in [3.63, 3.8) is 0 Å². The number of nitrogens with zero attached hydrogens (tertiary/aromatic N) is 3. The van der Waals surface area contributed by atoms with Gasteiger partial charge in [0.25, 0.3) is 0 Å². The standard InChI is InChI=1S/C14H13N3/c1-10-4-3-5-12(8-10)13-9-16-17-11(2)6-7-15-14(13)17/h3-9H,1-2H3. The number of benzene rings is 1. The first-order valence-corrected chi connectivity index (χ1v) is 5.62. The molecule has 3 rings (SSSR count). The van der Waals surface area contributed by atoms with Crippen molar-refractivity contribution in [3.05, 3.63) is 54.0 Å². The Hall–Kier alpha value is -2.16. The Morgan fingerprint density at radius 3 is 2.82 bits per heavy atom. The minimum atomic E-state index is 0.913. The van der Waals surface area contributed by atoms with Crippen molar-refractivity contribution in [2.75, 3.05) is 0 Å². The maximum absolute atomic E-state index is 4.41. The van der Waals surface area contributed by atoms with Gasteiger partial charge in [0.1, 0.15) is 0 Å². The van der Waals surface area contributed by atoms with Gasteiger partial charge in [0.05, 0.1) is 6.20 Å². The molecule has 0 spiro atoms. The average molecular weight is 223 g/mol. The van der Waals surface area contributed by atoms with Gasteiger partial charge in [-0.05, 0) is 25.5 Å². The van der Waals surface area contributed by atoms with Crippen LogP contribution >= 0.6 is 0 Å². The van der Waals surface area contributed by atoms with Crippen molar-refractivity contribution in [1.29, 1.82) is 0 Å². The Morgan fingerprint density at radius 2 is 2.00 bits per heavy atom. The van der Waals surface area contributed by atoms with Gasteiger partial charge in [0.2, 0.25) is 0 Å². The van der Waals surface area contributed by atoms with Crippen LogP contribution < -0.4 is 0 Å². The lowest BCUT2D eigenvalue weighted by atomic mass is 10.1. The smallest absolute Gasteiger partial charge is 0.163 e. The second-order valence-electron chi connectivity index (χ2n) is 4.25. The zero-order valence-corrected chi connectivity index (χ0v) is 9.88. The molecule has 17 heavy (non-hydrogen) atoms. The number of hydrogen-bond acceptors (Lipinski definition) is 2. The summed E-state index contributed by atoms with van der Waals surface area (Å²) in [5, 5.41) is 4.38. The second-order valence-corrected chi connectivity index (χ2v) is 4.25. The van der Waals surface area contributed by atoms with Crippen molar-refractivity contribution in [2.24, 2.45) is 0 Å². The Bertz CT molecular complexity index is 683. The van der Waals surface area contributed by atoms with Crippen molar-refractivity contribution < 1.29 is 0 Å². The number of fused-ring (bicyclic) bond motifs is 1. The normalized spacial score (nSPS) is 10.9. The molecule has 0 aliphatic heterocycles. The van der Waals surface area contributed by atoms with E-state index in [1.807, 2.05) is 29.9 Å². The summed E-state index contributed by atoms with van der Waals surface area (Å²) in [6.07, 6.45) is 3.70. The molecule has 2 heterocycles. The molecule has 2 aromatic heterocycles. The summed E-state index contributed by atoms with van der Waals surface area (Å²) in [6, 6.07) is 10.4. The summed E-state index contributed by atoms with van der Waals surface area (Å²) in [5.41, 5.74) is 5.49. The predicted molar refractivity (Wildman–Crippen MR) is 67.9 cm³/mol. The molecular weight excluding hydrogens is 210 g/mol. The van der Waals surface area contributed by atoms with Gasteiger partial charge in [0, 0.05) is 17.5 Å². The molecule has 0 fully saturated rings. The van der Waals surface area contributed by atoms with Crippen LogP contribution in [0.15, 0.2) is 42.7 Å². The quantitative estimate of drug-likeness (QED) is 0.634. The summed E-state index contributed by atoms with van der Waals surface area (Å²) in [4.78, 5) is 4.41. The molecule has 3 heteroatoms. The monoisotopic (exact) mass is 223 g/mol. The van der Waals surface area contributed by atoms with Gasteiger partial charge in [-0.2, -0.15) is 5.10 Å². The lowest BCUT2D eigenvalue weighted by Crippen LogP contribution is -1.94. The van der Waals surface area contributed by atoms with Gasteiger partial charge in [0.15, 0.2) is 5.65 Å². The van der Waals surface area contributed by atoms with Crippen molar-refractivity contribution >= 4 is 5.65 Å². The Balaban J connectivity index is 2.28. The zero-order valence-electron chi connectivity index (χ0n) is 9.88. The van der Waals surface area contributed by atoms with Gasteiger partial charge >= 0.3 is 0 Å². The van der Waals surface area contributed by atoms with E-state index in [-0.39, 0.29) is 0 Å². The molecule has 3 aromatic rings. The molecule has 0 saturated carbocycles. The van der Waals surface area contributed by atoms with Crippen LogP contribution in [-0.4, -0.2) is 14.6 Å². The number of rotatable bonds is 1. The average Bonchev–Trinajstić information content (AvgIpc) is 2.74. The molecular formula is C14H13N3. The van der Waals surface area contributed by atoms with Crippen LogP contribution in [0.5, 0.6) is 0 Å². The predicted octanol–water partition coefficient (Wildman–Crippen LogP) is 3.01. The van der Waals surface area contributed by atoms with E-state index in [2.05, 4.69) is 41.3 Å². The van der Waals surface area contributed by atoms with Crippen LogP contribution in [0.4, 0.5) is 0 Å². The van der Waals surface area contributed by atoms with Crippen molar-refractivity contribution in [2.45, 2.75) is 13.8 Å². The summed E-state index contributed by atoms with van der Waals surface area (Å²) in [5.74, 6) is 0. The summed E-state index contributed by atoms with van der Waals surface area (Å²) in [7, 11) is 0. The third kappa shape index (κ3) is 1.60. The molecule has 0 bridgehead atoms. The lowest BCUT2D eigenvalue weighted by Gasteiger charge is -2.01. The maximum atomic E-state index is 4.41. The van der Waals surface area contributed by atoms with Crippen LogP contribution in [0, 0.1) is 13.8 Å². The summed E-state index contributed by atoms with van der Waals surface area (Å²) >= 11 is 0. The van der Waals surface area contributed by atoms with Crippen LogP contribution in [0.1, 0.15) is 11.3 Å². The van der Waals surface area contributed by atoms with Gasteiger partial charge in [-0.3, -0.25) is 0 Å². The van der Waals surface area contributed by atoms with Crippen LogP contribution in [0.2, 0.25) is 0 Å². The summed E-state index contributed by atoms with van der Waals surface area (Å²) in [6.45, 7) is 4.12. The third-order valence-corrected chi connectivity index (χ3v) is 2.92. The topological polar surface area (TPSA) is 30.2 Å². The number of aromatic nitrogens is 3. The van der Waals surface area contributed by atoms with Crippen LogP contribution in [-0.2, 0) is 0 Å². The molecule has 0 aliphatic rings. The Labute approximate surface area is 99.7 Å². The van der Waals surface area contributed by atoms with Crippen LogP contribution in [0.3, 0.4) is 0 Å². The van der Waals surface area contributed by atoms with E-state index < -0.39 is 0 Å². The molecule has 3 nitrogen and oxygen atoms in total. The molecule has 0 saturated heterocycles. The van der Waals surface area contributed by atoms with Gasteiger partial charge in [-0.25, -0.2) is 9.50 Å². The van der Waals surface area contributed by atoms with E-state index in [0.717, 1.165) is 22.5 Å². The molecule has 0 radical (unpaired) electrons. The SMILES string of the molecule is Cc1cccc(-c2cnn3c(C)ccnc23)c1.